The van der Waals surface area contributed by atoms with Crippen LogP contribution in [0.15, 0.2) is 18.2 Å². The van der Waals surface area contributed by atoms with Gasteiger partial charge in [-0.05, 0) is 50.8 Å². The van der Waals surface area contributed by atoms with E-state index in [-0.39, 0.29) is 23.8 Å². The number of hydrogen-bond donors (Lipinski definition) is 1. The summed E-state index contributed by atoms with van der Waals surface area (Å²) in [5.74, 6) is 1.63. The van der Waals surface area contributed by atoms with Crippen molar-refractivity contribution in [2.75, 3.05) is 27.3 Å². The van der Waals surface area contributed by atoms with Crippen molar-refractivity contribution in [3.8, 4) is 11.5 Å². The Balaban J connectivity index is 1.81. The molecule has 2 rings (SSSR count). The maximum atomic E-state index is 12.5. The zero-order chi connectivity index (χ0) is 19.1. The second kappa shape index (κ2) is 9.46. The Labute approximate surface area is 155 Å². The number of nitrogens with zero attached hydrogens (tertiary/aromatic N) is 1. The quantitative estimate of drug-likeness (QED) is 0.809. The summed E-state index contributed by atoms with van der Waals surface area (Å²) in [6.07, 6.45) is 2.59. The Morgan fingerprint density at radius 2 is 1.81 bits per heavy atom. The van der Waals surface area contributed by atoms with Crippen LogP contribution in [0.4, 0.5) is 0 Å². The Kier molecular flexibility index (Phi) is 7.30. The van der Waals surface area contributed by atoms with Gasteiger partial charge in [0.05, 0.1) is 14.2 Å². The third kappa shape index (κ3) is 5.38. The first-order valence-corrected chi connectivity index (χ1v) is 9.23. The van der Waals surface area contributed by atoms with Crippen molar-refractivity contribution in [3.05, 3.63) is 23.8 Å². The minimum atomic E-state index is 0.0206. The lowest BCUT2D eigenvalue weighted by atomic mass is 9.95. The van der Waals surface area contributed by atoms with E-state index in [1.165, 1.54) is 0 Å². The number of likely N-dealkylation sites (tertiary alicyclic amines) is 1. The molecule has 26 heavy (non-hydrogen) atoms. The van der Waals surface area contributed by atoms with Crippen molar-refractivity contribution >= 4 is 11.8 Å². The molecule has 0 saturated carbocycles. The van der Waals surface area contributed by atoms with E-state index in [9.17, 15) is 9.59 Å². The van der Waals surface area contributed by atoms with E-state index >= 15 is 0 Å². The summed E-state index contributed by atoms with van der Waals surface area (Å²) >= 11 is 0. The van der Waals surface area contributed by atoms with Crippen molar-refractivity contribution < 1.29 is 19.1 Å². The van der Waals surface area contributed by atoms with E-state index in [1.807, 2.05) is 36.9 Å². The third-order valence-electron chi connectivity index (χ3n) is 4.72. The molecule has 6 heteroatoms. The molecule has 1 heterocycles. The molecule has 0 atom stereocenters. The van der Waals surface area contributed by atoms with Crippen LogP contribution in [0.1, 0.15) is 38.7 Å². The standard InChI is InChI=1S/C20H30N2O4/c1-14(2)21-20(24)16-9-11-22(12-10-16)19(23)8-6-15-5-7-17(25-3)18(13-15)26-4/h5,7,13-14,16H,6,8-12H2,1-4H3,(H,21,24). The van der Waals surface area contributed by atoms with E-state index in [0.29, 0.717) is 37.4 Å². The van der Waals surface area contributed by atoms with Crippen molar-refractivity contribution in [1.82, 2.24) is 10.2 Å². The van der Waals surface area contributed by atoms with Gasteiger partial charge >= 0.3 is 0 Å². The zero-order valence-electron chi connectivity index (χ0n) is 16.2. The molecule has 1 aliphatic rings. The number of benzene rings is 1. The largest absolute Gasteiger partial charge is 0.493 e. The van der Waals surface area contributed by atoms with E-state index in [2.05, 4.69) is 5.32 Å². The van der Waals surface area contributed by atoms with Gasteiger partial charge in [-0.2, -0.15) is 0 Å². The number of aryl methyl sites for hydroxylation is 1. The van der Waals surface area contributed by atoms with Crippen LogP contribution >= 0.6 is 0 Å². The SMILES string of the molecule is COc1ccc(CCC(=O)N2CCC(C(=O)NC(C)C)CC2)cc1OC. The first-order chi connectivity index (χ1) is 12.4. The number of ether oxygens (including phenoxy) is 2. The normalized spacial score (nSPS) is 15.0. The van der Waals surface area contributed by atoms with Gasteiger partial charge in [-0.25, -0.2) is 0 Å². The highest BCUT2D eigenvalue weighted by Gasteiger charge is 2.27. The zero-order valence-corrected chi connectivity index (χ0v) is 16.2. The fourth-order valence-electron chi connectivity index (χ4n) is 3.24. The average molecular weight is 362 g/mol. The number of amides is 2. The van der Waals surface area contributed by atoms with Crippen LogP contribution in [0.3, 0.4) is 0 Å². The van der Waals surface area contributed by atoms with Crippen molar-refractivity contribution in [2.24, 2.45) is 5.92 Å². The predicted octanol–water partition coefficient (Wildman–Crippen LogP) is 2.40. The molecular weight excluding hydrogens is 332 g/mol. The lowest BCUT2D eigenvalue weighted by Crippen LogP contribution is -2.44. The summed E-state index contributed by atoms with van der Waals surface area (Å²) < 4.78 is 10.5. The molecule has 1 saturated heterocycles. The van der Waals surface area contributed by atoms with Gasteiger partial charge < -0.3 is 19.7 Å². The minimum absolute atomic E-state index is 0.0206. The minimum Gasteiger partial charge on any atom is -0.493 e. The predicted molar refractivity (Wildman–Crippen MR) is 100 cm³/mol. The maximum Gasteiger partial charge on any atom is 0.223 e. The van der Waals surface area contributed by atoms with Crippen LogP contribution in [-0.4, -0.2) is 50.1 Å². The summed E-state index contributed by atoms with van der Waals surface area (Å²) in [6, 6.07) is 5.88. The van der Waals surface area contributed by atoms with E-state index < -0.39 is 0 Å². The molecule has 1 fully saturated rings. The summed E-state index contributed by atoms with van der Waals surface area (Å²) in [5.41, 5.74) is 1.04. The average Bonchev–Trinajstić information content (AvgIpc) is 2.65. The van der Waals surface area contributed by atoms with Crippen LogP contribution in [0.25, 0.3) is 0 Å². The molecule has 2 amide bonds. The molecule has 0 aromatic heterocycles. The second-order valence-corrected chi connectivity index (χ2v) is 7.01. The number of methoxy groups -OCH3 is 2. The molecule has 1 aromatic carbocycles. The number of carbonyl (C=O) groups excluding carboxylic acids is 2. The van der Waals surface area contributed by atoms with Crippen molar-refractivity contribution in [1.29, 1.82) is 0 Å². The lowest BCUT2D eigenvalue weighted by Gasteiger charge is -2.31. The molecule has 0 radical (unpaired) electrons. The molecular formula is C20H30N2O4. The van der Waals surface area contributed by atoms with Crippen LogP contribution in [0, 0.1) is 5.92 Å². The van der Waals surface area contributed by atoms with Gasteiger partial charge in [0.25, 0.3) is 0 Å². The Hall–Kier alpha value is -2.24. The molecule has 1 N–H and O–H groups in total. The smallest absolute Gasteiger partial charge is 0.223 e. The maximum absolute atomic E-state index is 12.5. The number of rotatable bonds is 7. The van der Waals surface area contributed by atoms with Gasteiger partial charge in [0.2, 0.25) is 11.8 Å². The number of nitrogens with one attached hydrogen (secondary N) is 1. The molecule has 144 valence electrons. The van der Waals surface area contributed by atoms with E-state index in [1.54, 1.807) is 14.2 Å². The van der Waals surface area contributed by atoms with Crippen LogP contribution < -0.4 is 14.8 Å². The Bertz CT molecular complexity index is 622. The van der Waals surface area contributed by atoms with Gasteiger partial charge in [0.15, 0.2) is 11.5 Å². The van der Waals surface area contributed by atoms with Gasteiger partial charge in [-0.3, -0.25) is 9.59 Å². The van der Waals surface area contributed by atoms with Crippen LogP contribution in [-0.2, 0) is 16.0 Å². The highest BCUT2D eigenvalue weighted by atomic mass is 16.5. The molecule has 1 aromatic rings. The molecule has 0 unspecified atom stereocenters. The summed E-state index contributed by atoms with van der Waals surface area (Å²) in [7, 11) is 3.21. The topological polar surface area (TPSA) is 67.9 Å². The fourth-order valence-corrected chi connectivity index (χ4v) is 3.24. The van der Waals surface area contributed by atoms with Crippen LogP contribution in [0.2, 0.25) is 0 Å². The molecule has 0 bridgehead atoms. The van der Waals surface area contributed by atoms with Crippen LogP contribution in [0.5, 0.6) is 11.5 Å². The van der Waals surface area contributed by atoms with E-state index in [4.69, 9.17) is 9.47 Å². The summed E-state index contributed by atoms with van der Waals surface area (Å²) in [4.78, 5) is 26.4. The van der Waals surface area contributed by atoms with Gasteiger partial charge in [-0.15, -0.1) is 0 Å². The number of carbonyl (C=O) groups is 2. The van der Waals surface area contributed by atoms with E-state index in [0.717, 1.165) is 18.4 Å². The molecule has 1 aliphatic heterocycles. The highest BCUT2D eigenvalue weighted by Crippen LogP contribution is 2.28. The first kappa shape index (κ1) is 20.1. The number of piperidine rings is 1. The summed E-state index contributed by atoms with van der Waals surface area (Å²) in [6.45, 7) is 5.23. The first-order valence-electron chi connectivity index (χ1n) is 9.23. The van der Waals surface area contributed by atoms with Crippen molar-refractivity contribution in [3.63, 3.8) is 0 Å². The molecule has 0 spiro atoms. The summed E-state index contributed by atoms with van der Waals surface area (Å²) in [5, 5.41) is 2.96. The third-order valence-corrected chi connectivity index (χ3v) is 4.72. The second-order valence-electron chi connectivity index (χ2n) is 7.01. The van der Waals surface area contributed by atoms with Gasteiger partial charge in [0, 0.05) is 31.5 Å². The highest BCUT2D eigenvalue weighted by molar-refractivity contribution is 5.80. The monoisotopic (exact) mass is 362 g/mol. The van der Waals surface area contributed by atoms with Crippen molar-refractivity contribution in [2.45, 2.75) is 45.6 Å². The fraction of sp³-hybridized carbons (Fsp3) is 0.600. The van der Waals surface area contributed by atoms with Gasteiger partial charge in [0.1, 0.15) is 0 Å². The molecule has 6 nitrogen and oxygen atoms in total. The Morgan fingerprint density at radius 3 is 2.38 bits per heavy atom. The Morgan fingerprint density at radius 1 is 1.15 bits per heavy atom. The lowest BCUT2D eigenvalue weighted by molar-refractivity contribution is -0.135. The van der Waals surface area contributed by atoms with Gasteiger partial charge in [-0.1, -0.05) is 6.07 Å². The molecule has 0 aliphatic carbocycles. The number of hydrogen-bond acceptors (Lipinski definition) is 4.